The normalized spacial score (nSPS) is 16.7. The van der Waals surface area contributed by atoms with E-state index in [9.17, 15) is 0 Å². The number of nitrogens with one attached hydrogen (secondary N) is 2. The molecule has 2 N–H and O–H groups in total. The van der Waals surface area contributed by atoms with Crippen LogP contribution in [0.25, 0.3) is 0 Å². The Morgan fingerprint density at radius 2 is 2.00 bits per heavy atom. The second-order valence-corrected chi connectivity index (χ2v) is 4.92. The Morgan fingerprint density at radius 3 is 2.68 bits per heavy atom. The Labute approximate surface area is 113 Å². The monoisotopic (exact) mass is 257 g/mol. The third-order valence-electron chi connectivity index (χ3n) is 3.66. The minimum atomic E-state index is 0.599. The third kappa shape index (κ3) is 3.12. The van der Waals surface area contributed by atoms with Crippen molar-refractivity contribution in [2.75, 3.05) is 18.0 Å². The van der Waals surface area contributed by atoms with Crippen molar-refractivity contribution < 1.29 is 0 Å². The number of nitrogens with zero attached hydrogens (tertiary/aromatic N) is 3. The number of H-pyrrole nitrogens is 1. The summed E-state index contributed by atoms with van der Waals surface area (Å²) >= 11 is 0. The van der Waals surface area contributed by atoms with Crippen LogP contribution in [0.1, 0.15) is 18.5 Å². The number of aromatic nitrogens is 3. The van der Waals surface area contributed by atoms with Crippen LogP contribution in [0.2, 0.25) is 0 Å². The first-order valence-electron chi connectivity index (χ1n) is 6.77. The zero-order valence-corrected chi connectivity index (χ0v) is 10.9. The van der Waals surface area contributed by atoms with Crippen molar-refractivity contribution in [2.24, 2.45) is 0 Å². The first-order valence-corrected chi connectivity index (χ1v) is 6.77. The lowest BCUT2D eigenvalue weighted by molar-refractivity contribution is 0.412. The van der Waals surface area contributed by atoms with Gasteiger partial charge in [-0.15, -0.1) is 0 Å². The van der Waals surface area contributed by atoms with Gasteiger partial charge in [-0.05, 0) is 25.0 Å². The lowest BCUT2D eigenvalue weighted by Crippen LogP contribution is -2.42. The maximum atomic E-state index is 4.06. The van der Waals surface area contributed by atoms with Crippen LogP contribution in [-0.2, 0) is 6.54 Å². The molecule has 0 amide bonds. The van der Waals surface area contributed by atoms with E-state index in [0.717, 1.165) is 25.3 Å². The number of imidazole rings is 1. The second kappa shape index (κ2) is 5.84. The first-order chi connectivity index (χ1) is 9.42. The van der Waals surface area contributed by atoms with Crippen LogP contribution < -0.4 is 10.2 Å². The predicted octanol–water partition coefficient (Wildman–Crippen LogP) is 1.56. The molecular formula is C14H19N5. The van der Waals surface area contributed by atoms with Gasteiger partial charge in [0.05, 0.1) is 6.33 Å². The Balaban J connectivity index is 1.47. The topological polar surface area (TPSA) is 56.8 Å². The number of hydrogen-bond donors (Lipinski definition) is 2. The summed E-state index contributed by atoms with van der Waals surface area (Å²) < 4.78 is 0. The van der Waals surface area contributed by atoms with Crippen LogP contribution in [0.4, 0.5) is 5.69 Å². The number of anilines is 1. The molecule has 5 heteroatoms. The summed E-state index contributed by atoms with van der Waals surface area (Å²) in [5.41, 5.74) is 2.43. The molecule has 0 unspecified atom stereocenters. The highest BCUT2D eigenvalue weighted by Gasteiger charge is 2.18. The standard InChI is InChI=1S/C14H19N5/c1-5-15-6-2-14(1)19-7-3-12(4-8-19)17-10-13-9-16-11-18-13/h1-2,5-6,9,11-12,17H,3-4,7-8,10H2,(H,16,18). The Kier molecular flexibility index (Phi) is 3.74. The van der Waals surface area contributed by atoms with Crippen LogP contribution in [0.5, 0.6) is 0 Å². The molecule has 0 atom stereocenters. The van der Waals surface area contributed by atoms with Crippen molar-refractivity contribution in [1.29, 1.82) is 0 Å². The van der Waals surface area contributed by atoms with E-state index in [2.05, 4.69) is 37.3 Å². The number of pyridine rings is 1. The molecular weight excluding hydrogens is 238 g/mol. The Morgan fingerprint density at radius 1 is 1.21 bits per heavy atom. The summed E-state index contributed by atoms with van der Waals surface area (Å²) in [6.07, 6.45) is 9.67. The lowest BCUT2D eigenvalue weighted by Gasteiger charge is -2.33. The van der Waals surface area contributed by atoms with Gasteiger partial charge in [0.1, 0.15) is 0 Å². The lowest BCUT2D eigenvalue weighted by atomic mass is 10.0. The average Bonchev–Trinajstić information content (AvgIpc) is 3.00. The van der Waals surface area contributed by atoms with Crippen molar-refractivity contribution >= 4 is 5.69 Å². The number of aromatic amines is 1. The molecule has 100 valence electrons. The summed E-state index contributed by atoms with van der Waals surface area (Å²) in [5.74, 6) is 0. The molecule has 3 heterocycles. The van der Waals surface area contributed by atoms with E-state index in [0.29, 0.717) is 6.04 Å². The van der Waals surface area contributed by atoms with Gasteiger partial charge in [0.2, 0.25) is 0 Å². The Bertz CT molecular complexity index is 474. The van der Waals surface area contributed by atoms with E-state index in [1.54, 1.807) is 6.33 Å². The molecule has 1 aliphatic heterocycles. The number of hydrogen-bond acceptors (Lipinski definition) is 4. The molecule has 0 saturated carbocycles. The molecule has 0 radical (unpaired) electrons. The van der Waals surface area contributed by atoms with Gasteiger partial charge in [-0.1, -0.05) is 0 Å². The molecule has 5 nitrogen and oxygen atoms in total. The summed E-state index contributed by atoms with van der Waals surface area (Å²) in [6, 6.07) is 4.76. The fraction of sp³-hybridized carbons (Fsp3) is 0.429. The quantitative estimate of drug-likeness (QED) is 0.873. The van der Waals surface area contributed by atoms with E-state index in [1.807, 2.05) is 18.6 Å². The van der Waals surface area contributed by atoms with Crippen LogP contribution in [0.15, 0.2) is 37.1 Å². The summed E-state index contributed by atoms with van der Waals surface area (Å²) in [7, 11) is 0. The predicted molar refractivity (Wildman–Crippen MR) is 74.9 cm³/mol. The van der Waals surface area contributed by atoms with Gasteiger partial charge in [0.15, 0.2) is 0 Å². The van der Waals surface area contributed by atoms with Crippen molar-refractivity contribution in [3.63, 3.8) is 0 Å². The van der Waals surface area contributed by atoms with Crippen molar-refractivity contribution in [1.82, 2.24) is 20.3 Å². The summed E-state index contributed by atoms with van der Waals surface area (Å²) in [4.78, 5) is 13.6. The van der Waals surface area contributed by atoms with Crippen LogP contribution >= 0.6 is 0 Å². The molecule has 3 rings (SSSR count). The van der Waals surface area contributed by atoms with E-state index in [4.69, 9.17) is 0 Å². The molecule has 1 aliphatic rings. The fourth-order valence-corrected chi connectivity index (χ4v) is 2.53. The largest absolute Gasteiger partial charge is 0.371 e. The van der Waals surface area contributed by atoms with Crippen molar-refractivity contribution in [3.8, 4) is 0 Å². The first kappa shape index (κ1) is 12.2. The van der Waals surface area contributed by atoms with E-state index in [-0.39, 0.29) is 0 Å². The smallest absolute Gasteiger partial charge is 0.0922 e. The van der Waals surface area contributed by atoms with Gasteiger partial charge < -0.3 is 15.2 Å². The maximum Gasteiger partial charge on any atom is 0.0922 e. The molecule has 1 fully saturated rings. The van der Waals surface area contributed by atoms with E-state index >= 15 is 0 Å². The van der Waals surface area contributed by atoms with Gasteiger partial charge in [0, 0.05) is 55.6 Å². The number of piperidine rings is 1. The van der Waals surface area contributed by atoms with Gasteiger partial charge in [-0.2, -0.15) is 0 Å². The van der Waals surface area contributed by atoms with Crippen LogP contribution in [-0.4, -0.2) is 34.1 Å². The average molecular weight is 257 g/mol. The van der Waals surface area contributed by atoms with Gasteiger partial charge in [-0.3, -0.25) is 4.98 Å². The zero-order chi connectivity index (χ0) is 12.9. The molecule has 2 aromatic rings. The summed E-state index contributed by atoms with van der Waals surface area (Å²) in [5, 5.41) is 3.59. The summed E-state index contributed by atoms with van der Waals surface area (Å²) in [6.45, 7) is 3.08. The van der Waals surface area contributed by atoms with Crippen LogP contribution in [0, 0.1) is 0 Å². The highest BCUT2D eigenvalue weighted by Crippen LogP contribution is 2.18. The SMILES string of the molecule is c1cc(N2CCC(NCc3cnc[nH]3)CC2)ccn1. The highest BCUT2D eigenvalue weighted by molar-refractivity contribution is 5.44. The highest BCUT2D eigenvalue weighted by atomic mass is 15.1. The van der Waals surface area contributed by atoms with Crippen molar-refractivity contribution in [2.45, 2.75) is 25.4 Å². The van der Waals surface area contributed by atoms with Gasteiger partial charge >= 0.3 is 0 Å². The fourth-order valence-electron chi connectivity index (χ4n) is 2.53. The van der Waals surface area contributed by atoms with E-state index < -0.39 is 0 Å². The minimum Gasteiger partial charge on any atom is -0.371 e. The molecule has 0 bridgehead atoms. The van der Waals surface area contributed by atoms with Crippen LogP contribution in [0.3, 0.4) is 0 Å². The van der Waals surface area contributed by atoms with E-state index in [1.165, 1.54) is 18.5 Å². The minimum absolute atomic E-state index is 0.599. The zero-order valence-electron chi connectivity index (χ0n) is 10.9. The molecule has 19 heavy (non-hydrogen) atoms. The van der Waals surface area contributed by atoms with Crippen molar-refractivity contribution in [3.05, 3.63) is 42.7 Å². The molecule has 0 aromatic carbocycles. The maximum absolute atomic E-state index is 4.06. The number of rotatable bonds is 4. The molecule has 0 spiro atoms. The third-order valence-corrected chi connectivity index (χ3v) is 3.66. The van der Waals surface area contributed by atoms with Gasteiger partial charge in [0.25, 0.3) is 0 Å². The molecule has 1 saturated heterocycles. The second-order valence-electron chi connectivity index (χ2n) is 4.92. The molecule has 0 aliphatic carbocycles. The Hall–Kier alpha value is -1.88. The van der Waals surface area contributed by atoms with Gasteiger partial charge in [-0.25, -0.2) is 4.98 Å². The molecule has 2 aromatic heterocycles.